The van der Waals surface area contributed by atoms with E-state index in [4.69, 9.17) is 5.14 Å². The van der Waals surface area contributed by atoms with Crippen molar-refractivity contribution in [1.82, 2.24) is 15.0 Å². The number of hydrogen-bond acceptors (Lipinski definition) is 5. The molecule has 1 aromatic heterocycles. The van der Waals surface area contributed by atoms with Gasteiger partial charge in [-0.2, -0.15) is 0 Å². The van der Waals surface area contributed by atoms with Crippen molar-refractivity contribution in [2.45, 2.75) is 11.5 Å². The van der Waals surface area contributed by atoms with E-state index < -0.39 is 10.0 Å². The fourth-order valence-electron chi connectivity index (χ4n) is 2.27. The molecule has 1 heterocycles. The van der Waals surface area contributed by atoms with E-state index in [-0.39, 0.29) is 17.3 Å². The number of aliphatic hydroxyl groups excluding tert-OH is 1. The predicted molar refractivity (Wildman–Crippen MR) is 84.0 cm³/mol. The first-order valence-electron chi connectivity index (χ1n) is 6.85. The van der Waals surface area contributed by atoms with Gasteiger partial charge < -0.3 is 5.11 Å². The van der Waals surface area contributed by atoms with Crippen molar-refractivity contribution < 1.29 is 17.9 Å². The van der Waals surface area contributed by atoms with Gasteiger partial charge in [0, 0.05) is 5.56 Å². The van der Waals surface area contributed by atoms with Crippen molar-refractivity contribution in [3.05, 3.63) is 60.0 Å². The molecule has 3 rings (SSSR count). The lowest BCUT2D eigenvalue weighted by molar-refractivity contribution is 0.277. The fourth-order valence-corrected chi connectivity index (χ4v) is 2.79. The first-order valence-corrected chi connectivity index (χ1v) is 8.39. The molecule has 9 heteroatoms. The molecule has 0 fully saturated rings. The van der Waals surface area contributed by atoms with E-state index in [0.717, 1.165) is 0 Å². The fraction of sp³-hybridized carbons (Fsp3) is 0.0667. The summed E-state index contributed by atoms with van der Waals surface area (Å²) in [5, 5.41) is 22.4. The minimum atomic E-state index is -3.80. The highest BCUT2D eigenvalue weighted by molar-refractivity contribution is 7.89. The van der Waals surface area contributed by atoms with Gasteiger partial charge in [-0.1, -0.05) is 5.21 Å². The summed E-state index contributed by atoms with van der Waals surface area (Å²) in [5.41, 5.74) is 1.94. The summed E-state index contributed by atoms with van der Waals surface area (Å²) >= 11 is 0. The molecule has 0 saturated carbocycles. The Kier molecular flexibility index (Phi) is 4.14. The third-order valence-electron chi connectivity index (χ3n) is 3.42. The first kappa shape index (κ1) is 16.2. The largest absolute Gasteiger partial charge is 0.390 e. The van der Waals surface area contributed by atoms with Crippen LogP contribution in [-0.4, -0.2) is 28.5 Å². The number of rotatable bonds is 4. The smallest absolute Gasteiger partial charge is 0.238 e. The zero-order valence-corrected chi connectivity index (χ0v) is 13.1. The Morgan fingerprint density at radius 3 is 2.25 bits per heavy atom. The highest BCUT2D eigenvalue weighted by Gasteiger charge is 2.16. The monoisotopic (exact) mass is 348 g/mol. The van der Waals surface area contributed by atoms with Gasteiger partial charge in [0.15, 0.2) is 0 Å². The number of nitrogens with two attached hydrogens (primary N) is 1. The van der Waals surface area contributed by atoms with E-state index in [1.54, 1.807) is 12.1 Å². The van der Waals surface area contributed by atoms with Crippen molar-refractivity contribution in [3.8, 4) is 16.9 Å². The van der Waals surface area contributed by atoms with Gasteiger partial charge >= 0.3 is 0 Å². The van der Waals surface area contributed by atoms with E-state index in [2.05, 4.69) is 10.3 Å². The highest BCUT2D eigenvalue weighted by atomic mass is 32.2. The van der Waals surface area contributed by atoms with Crippen LogP contribution in [0.1, 0.15) is 5.69 Å². The summed E-state index contributed by atoms with van der Waals surface area (Å²) in [5.74, 6) is -0.388. The van der Waals surface area contributed by atoms with Gasteiger partial charge in [0.05, 0.1) is 17.2 Å². The third kappa shape index (κ3) is 3.04. The van der Waals surface area contributed by atoms with Gasteiger partial charge in [-0.15, -0.1) is 5.10 Å². The molecule has 3 N–H and O–H groups in total. The van der Waals surface area contributed by atoms with Gasteiger partial charge in [-0.05, 0) is 48.5 Å². The van der Waals surface area contributed by atoms with Crippen LogP contribution in [0.4, 0.5) is 4.39 Å². The Hall–Kier alpha value is -2.62. The average Bonchev–Trinajstić information content (AvgIpc) is 2.99. The molecule has 3 aromatic rings. The molecular weight excluding hydrogens is 335 g/mol. The maximum absolute atomic E-state index is 13.1. The summed E-state index contributed by atoms with van der Waals surface area (Å²) in [4.78, 5) is -0.0305. The predicted octanol–water partition coefficient (Wildman–Crippen LogP) is 1.21. The molecule has 0 bridgehead atoms. The van der Waals surface area contributed by atoms with Crippen molar-refractivity contribution >= 4 is 10.0 Å². The standard InChI is InChI=1S/C15H13FN4O3S/c16-11-3-1-10(2-4-11)15-14(9-21)18-19-20(15)12-5-7-13(8-6-12)24(17,22)23/h1-8,21H,9H2,(H2,17,22,23). The lowest BCUT2D eigenvalue weighted by atomic mass is 10.1. The zero-order valence-electron chi connectivity index (χ0n) is 12.3. The van der Waals surface area contributed by atoms with Crippen LogP contribution in [-0.2, 0) is 16.6 Å². The zero-order chi connectivity index (χ0) is 17.3. The Morgan fingerprint density at radius 1 is 1.08 bits per heavy atom. The van der Waals surface area contributed by atoms with Crippen LogP contribution in [0.15, 0.2) is 53.4 Å². The summed E-state index contributed by atoms with van der Waals surface area (Å²) < 4.78 is 37.2. The van der Waals surface area contributed by atoms with Crippen LogP contribution in [0.3, 0.4) is 0 Å². The normalized spacial score (nSPS) is 11.6. The van der Waals surface area contributed by atoms with Crippen LogP contribution < -0.4 is 5.14 Å². The summed E-state index contributed by atoms with van der Waals surface area (Å²) in [6, 6.07) is 11.4. The van der Waals surface area contributed by atoms with Crippen molar-refractivity contribution in [1.29, 1.82) is 0 Å². The van der Waals surface area contributed by atoms with E-state index >= 15 is 0 Å². The van der Waals surface area contributed by atoms with Crippen LogP contribution in [0.5, 0.6) is 0 Å². The second-order valence-corrected chi connectivity index (χ2v) is 6.56. The molecule has 124 valence electrons. The lowest BCUT2D eigenvalue weighted by Gasteiger charge is -2.08. The highest BCUT2D eigenvalue weighted by Crippen LogP contribution is 2.26. The van der Waals surface area contributed by atoms with Gasteiger partial charge in [0.2, 0.25) is 10.0 Å². The topological polar surface area (TPSA) is 111 Å². The molecule has 0 aliphatic carbocycles. The number of aromatic nitrogens is 3. The number of primary sulfonamides is 1. The second kappa shape index (κ2) is 6.11. The van der Waals surface area contributed by atoms with Crippen molar-refractivity contribution in [2.24, 2.45) is 5.14 Å². The third-order valence-corrected chi connectivity index (χ3v) is 4.35. The molecule has 0 amide bonds. The number of aliphatic hydroxyl groups is 1. The van der Waals surface area contributed by atoms with Crippen LogP contribution in [0.25, 0.3) is 16.9 Å². The minimum absolute atomic E-state index is 0.0305. The Labute approximate surface area is 137 Å². The van der Waals surface area contributed by atoms with Crippen molar-refractivity contribution in [3.63, 3.8) is 0 Å². The summed E-state index contributed by atoms with van der Waals surface area (Å²) in [6.07, 6.45) is 0. The molecular formula is C15H13FN4O3S. The number of hydrogen-bond donors (Lipinski definition) is 2. The molecule has 2 aromatic carbocycles. The van der Waals surface area contributed by atoms with Crippen LogP contribution in [0.2, 0.25) is 0 Å². The van der Waals surface area contributed by atoms with E-state index in [0.29, 0.717) is 22.6 Å². The Balaban J connectivity index is 2.12. The average molecular weight is 348 g/mol. The van der Waals surface area contributed by atoms with Gasteiger partial charge in [-0.25, -0.2) is 22.6 Å². The molecule has 24 heavy (non-hydrogen) atoms. The summed E-state index contributed by atoms with van der Waals surface area (Å²) in [7, 11) is -3.80. The molecule has 0 aliphatic rings. The van der Waals surface area contributed by atoms with Crippen LogP contribution in [0, 0.1) is 5.82 Å². The Bertz CT molecular complexity index is 967. The van der Waals surface area contributed by atoms with Gasteiger partial charge in [0.1, 0.15) is 17.2 Å². The van der Waals surface area contributed by atoms with Gasteiger partial charge in [0.25, 0.3) is 0 Å². The molecule has 0 atom stereocenters. The van der Waals surface area contributed by atoms with Gasteiger partial charge in [-0.3, -0.25) is 0 Å². The molecule has 0 unspecified atom stereocenters. The van der Waals surface area contributed by atoms with Crippen molar-refractivity contribution in [2.75, 3.05) is 0 Å². The molecule has 0 radical (unpaired) electrons. The number of sulfonamides is 1. The second-order valence-electron chi connectivity index (χ2n) is 5.00. The Morgan fingerprint density at radius 2 is 1.71 bits per heavy atom. The SMILES string of the molecule is NS(=O)(=O)c1ccc(-n2nnc(CO)c2-c2ccc(F)cc2)cc1. The lowest BCUT2D eigenvalue weighted by Crippen LogP contribution is -2.12. The van der Waals surface area contributed by atoms with E-state index in [1.165, 1.54) is 41.1 Å². The molecule has 7 nitrogen and oxygen atoms in total. The number of nitrogens with zero attached hydrogens (tertiary/aromatic N) is 3. The molecule has 0 saturated heterocycles. The quantitative estimate of drug-likeness (QED) is 0.736. The van der Waals surface area contributed by atoms with E-state index in [1.807, 2.05) is 0 Å². The van der Waals surface area contributed by atoms with Crippen LogP contribution >= 0.6 is 0 Å². The molecule has 0 aliphatic heterocycles. The minimum Gasteiger partial charge on any atom is -0.390 e. The molecule has 0 spiro atoms. The maximum Gasteiger partial charge on any atom is 0.238 e. The summed E-state index contributed by atoms with van der Waals surface area (Å²) in [6.45, 7) is -0.345. The maximum atomic E-state index is 13.1. The first-order chi connectivity index (χ1) is 11.4. The number of benzene rings is 2. The van der Waals surface area contributed by atoms with E-state index in [9.17, 15) is 17.9 Å². The number of halogens is 1.